The van der Waals surface area contributed by atoms with E-state index >= 15 is 0 Å². The molecular weight excluding hydrogens is 614 g/mol. The number of nitrogens with zero attached hydrogens (tertiary/aromatic N) is 1. The molecule has 5 rings (SSSR count). The highest BCUT2D eigenvalue weighted by molar-refractivity contribution is 9.12. The standard InChI is InChI=1S/C26H21Br2NO8/c1-37-18-7-10(27)6-14(24(18)34)20-11-2-3-12-21(26(36)29(25(12)35)5-4-19(31)32)13(11)8-15-22(20)17(30)9-16(28)23(15)33/h2,6-7,9,12-13,20-21,34H,3-5,8H2,1H3,(H,31,32)/t12-,13+,20+,21-/m0/s1. The second-order valence-electron chi connectivity index (χ2n) is 9.41. The minimum absolute atomic E-state index is 0.0734. The second-order valence-corrected chi connectivity index (χ2v) is 11.2. The van der Waals surface area contributed by atoms with Crippen molar-refractivity contribution < 1.29 is 38.9 Å². The number of fused-ring (bicyclic) bond motifs is 3. The molecule has 1 fully saturated rings. The quantitative estimate of drug-likeness (QED) is 0.286. The zero-order valence-electron chi connectivity index (χ0n) is 19.5. The SMILES string of the molecule is COc1cc(Br)cc([C@H]2C3=CC[C@@H]4C(=O)N(CCC(=O)O)C(=O)[C@@H]4[C@@H]3CC3=C2C(=O)C=C(Br)C3=O)c1O. The van der Waals surface area contributed by atoms with Gasteiger partial charge in [0.1, 0.15) is 0 Å². The summed E-state index contributed by atoms with van der Waals surface area (Å²) in [6.07, 6.45) is 2.96. The van der Waals surface area contributed by atoms with Crippen molar-refractivity contribution in [1.82, 2.24) is 4.90 Å². The zero-order chi connectivity index (χ0) is 26.8. The summed E-state index contributed by atoms with van der Waals surface area (Å²) in [7, 11) is 1.40. The van der Waals surface area contributed by atoms with Crippen LogP contribution < -0.4 is 4.74 Å². The topological polar surface area (TPSA) is 138 Å². The minimum Gasteiger partial charge on any atom is -0.504 e. The number of ketones is 2. The fourth-order valence-electron chi connectivity index (χ4n) is 6.03. The van der Waals surface area contributed by atoms with Gasteiger partial charge in [-0.3, -0.25) is 28.9 Å². The van der Waals surface area contributed by atoms with Gasteiger partial charge in [0.05, 0.1) is 29.8 Å². The van der Waals surface area contributed by atoms with Gasteiger partial charge in [0, 0.05) is 39.7 Å². The number of methoxy groups -OCH3 is 1. The number of amides is 2. The van der Waals surface area contributed by atoms with E-state index in [2.05, 4.69) is 31.9 Å². The van der Waals surface area contributed by atoms with Crippen LogP contribution in [0.15, 0.2) is 50.0 Å². The lowest BCUT2D eigenvalue weighted by Crippen LogP contribution is -2.39. The molecule has 0 saturated carbocycles. The maximum atomic E-state index is 13.5. The maximum Gasteiger partial charge on any atom is 0.305 e. The molecule has 4 atom stereocenters. The van der Waals surface area contributed by atoms with Crippen molar-refractivity contribution in [1.29, 1.82) is 0 Å². The van der Waals surface area contributed by atoms with Gasteiger partial charge in [0.25, 0.3) is 0 Å². The number of hydrogen-bond donors (Lipinski definition) is 2. The van der Waals surface area contributed by atoms with E-state index in [1.54, 1.807) is 12.1 Å². The Kier molecular flexibility index (Phi) is 6.47. The molecule has 0 bridgehead atoms. The first-order valence-electron chi connectivity index (χ1n) is 11.6. The third-order valence-electron chi connectivity index (χ3n) is 7.57. The Morgan fingerprint density at radius 1 is 1.14 bits per heavy atom. The van der Waals surface area contributed by atoms with Gasteiger partial charge in [0.2, 0.25) is 11.8 Å². The fraction of sp³-hybridized carbons (Fsp3) is 0.346. The number of likely N-dealkylation sites (tertiary alicyclic amines) is 1. The molecule has 192 valence electrons. The summed E-state index contributed by atoms with van der Waals surface area (Å²) in [5.74, 6) is -5.75. The second kappa shape index (κ2) is 9.36. The number of allylic oxidation sites excluding steroid dienone is 6. The number of hydrogen-bond acceptors (Lipinski definition) is 7. The summed E-state index contributed by atoms with van der Waals surface area (Å²) in [6, 6.07) is 3.22. The molecule has 4 aliphatic rings. The van der Waals surface area contributed by atoms with Gasteiger partial charge in [-0.05, 0) is 46.8 Å². The molecule has 1 heterocycles. The van der Waals surface area contributed by atoms with Gasteiger partial charge in [-0.25, -0.2) is 0 Å². The summed E-state index contributed by atoms with van der Waals surface area (Å²) < 4.78 is 5.99. The van der Waals surface area contributed by atoms with Gasteiger partial charge in [-0.1, -0.05) is 27.6 Å². The van der Waals surface area contributed by atoms with Crippen LogP contribution in [0.25, 0.3) is 0 Å². The molecule has 9 nitrogen and oxygen atoms in total. The number of phenols is 1. The highest BCUT2D eigenvalue weighted by atomic mass is 79.9. The number of rotatable bonds is 5. The molecule has 2 amide bonds. The van der Waals surface area contributed by atoms with Crippen LogP contribution in [-0.4, -0.2) is 58.1 Å². The van der Waals surface area contributed by atoms with Crippen molar-refractivity contribution >= 4 is 61.2 Å². The van der Waals surface area contributed by atoms with Crippen molar-refractivity contribution in [2.24, 2.45) is 17.8 Å². The minimum atomic E-state index is -1.12. The molecule has 1 saturated heterocycles. The van der Waals surface area contributed by atoms with E-state index in [0.717, 1.165) is 4.90 Å². The van der Waals surface area contributed by atoms with Crippen LogP contribution in [0.4, 0.5) is 0 Å². The van der Waals surface area contributed by atoms with Crippen LogP contribution >= 0.6 is 31.9 Å². The third kappa shape index (κ3) is 3.99. The number of halogens is 2. The Labute approximate surface area is 228 Å². The van der Waals surface area contributed by atoms with Gasteiger partial charge >= 0.3 is 5.97 Å². The van der Waals surface area contributed by atoms with Gasteiger partial charge in [-0.15, -0.1) is 0 Å². The van der Waals surface area contributed by atoms with Crippen LogP contribution in [-0.2, 0) is 24.0 Å². The van der Waals surface area contributed by atoms with E-state index < -0.39 is 41.5 Å². The fourth-order valence-corrected chi connectivity index (χ4v) is 6.93. The molecule has 1 aromatic rings. The van der Waals surface area contributed by atoms with Crippen molar-refractivity contribution in [3.63, 3.8) is 0 Å². The summed E-state index contributed by atoms with van der Waals surface area (Å²) >= 11 is 6.59. The van der Waals surface area contributed by atoms with Crippen molar-refractivity contribution in [3.05, 3.63) is 55.5 Å². The Bertz CT molecular complexity index is 1390. The predicted molar refractivity (Wildman–Crippen MR) is 136 cm³/mol. The molecule has 0 spiro atoms. The molecule has 1 aromatic carbocycles. The van der Waals surface area contributed by atoms with Gasteiger partial charge in [0.15, 0.2) is 23.1 Å². The lowest BCUT2D eigenvalue weighted by Gasteiger charge is -2.42. The van der Waals surface area contributed by atoms with Crippen LogP contribution in [0, 0.1) is 17.8 Å². The lowest BCUT2D eigenvalue weighted by atomic mass is 9.59. The van der Waals surface area contributed by atoms with E-state index in [9.17, 15) is 29.1 Å². The number of carbonyl (C=O) groups excluding carboxylic acids is 4. The van der Waals surface area contributed by atoms with Gasteiger partial charge < -0.3 is 14.9 Å². The van der Waals surface area contributed by atoms with E-state index in [-0.39, 0.29) is 64.5 Å². The number of benzene rings is 1. The maximum absolute atomic E-state index is 13.5. The number of carbonyl (C=O) groups is 5. The first-order chi connectivity index (χ1) is 17.5. The molecular formula is C26H21Br2NO8. The Morgan fingerprint density at radius 2 is 1.86 bits per heavy atom. The number of aliphatic carboxylic acids is 1. The molecule has 3 aliphatic carbocycles. The molecule has 0 radical (unpaired) electrons. The smallest absolute Gasteiger partial charge is 0.305 e. The number of ether oxygens (including phenoxy) is 1. The first-order valence-corrected chi connectivity index (χ1v) is 13.2. The van der Waals surface area contributed by atoms with Crippen LogP contribution in [0.2, 0.25) is 0 Å². The van der Waals surface area contributed by atoms with E-state index in [0.29, 0.717) is 15.6 Å². The third-order valence-corrected chi connectivity index (χ3v) is 8.62. The monoisotopic (exact) mass is 633 g/mol. The number of phenolic OH excluding ortho intramolecular Hbond substituents is 1. The zero-order valence-corrected chi connectivity index (χ0v) is 22.7. The summed E-state index contributed by atoms with van der Waals surface area (Å²) in [5.41, 5.74) is 1.46. The highest BCUT2D eigenvalue weighted by Gasteiger charge is 2.56. The van der Waals surface area contributed by atoms with E-state index in [1.807, 2.05) is 6.08 Å². The van der Waals surface area contributed by atoms with Crippen LogP contribution in [0.3, 0.4) is 0 Å². The first kappa shape index (κ1) is 25.6. The Morgan fingerprint density at radius 3 is 2.54 bits per heavy atom. The molecule has 0 aromatic heterocycles. The number of carboxylic acid groups (broad SMARTS) is 1. The average Bonchev–Trinajstić information content (AvgIpc) is 3.10. The molecule has 37 heavy (non-hydrogen) atoms. The molecule has 11 heteroatoms. The average molecular weight is 635 g/mol. The van der Waals surface area contributed by atoms with Gasteiger partial charge in [-0.2, -0.15) is 0 Å². The van der Waals surface area contributed by atoms with Crippen molar-refractivity contribution in [2.75, 3.05) is 13.7 Å². The number of aromatic hydroxyl groups is 1. The van der Waals surface area contributed by atoms with E-state index in [4.69, 9.17) is 9.84 Å². The van der Waals surface area contributed by atoms with Crippen molar-refractivity contribution in [3.8, 4) is 11.5 Å². The van der Waals surface area contributed by atoms with Crippen LogP contribution in [0.1, 0.15) is 30.7 Å². The summed E-state index contributed by atoms with van der Waals surface area (Å²) in [4.78, 5) is 65.2. The molecule has 2 N–H and O–H groups in total. The summed E-state index contributed by atoms with van der Waals surface area (Å²) in [5, 5.41) is 20.2. The van der Waals surface area contributed by atoms with Crippen molar-refractivity contribution in [2.45, 2.75) is 25.2 Å². The number of Topliss-reactive ketones (excluding diaryl/α,β-unsaturated/α-hetero) is 1. The Hall–Kier alpha value is -3.05. The Balaban J connectivity index is 1.67. The number of carboxylic acids is 1. The van der Waals surface area contributed by atoms with E-state index in [1.165, 1.54) is 13.2 Å². The normalized spacial score (nSPS) is 26.9. The molecule has 0 unspecified atom stereocenters. The predicted octanol–water partition coefficient (Wildman–Crippen LogP) is 3.40. The summed E-state index contributed by atoms with van der Waals surface area (Å²) in [6.45, 7) is -0.227. The molecule has 1 aliphatic heterocycles. The lowest BCUT2D eigenvalue weighted by molar-refractivity contribution is -0.142. The highest BCUT2D eigenvalue weighted by Crippen LogP contribution is 2.57. The van der Waals surface area contributed by atoms with Crippen LogP contribution in [0.5, 0.6) is 11.5 Å². The largest absolute Gasteiger partial charge is 0.504 e. The number of imide groups is 1.